The topological polar surface area (TPSA) is 50.4 Å². The molecule has 1 heterocycles. The van der Waals surface area contributed by atoms with Crippen LogP contribution in [0.25, 0.3) is 0 Å². The minimum absolute atomic E-state index is 0.0400. The third kappa shape index (κ3) is 3.38. The van der Waals surface area contributed by atoms with Gasteiger partial charge in [0, 0.05) is 13.2 Å². The van der Waals surface area contributed by atoms with Gasteiger partial charge in [-0.2, -0.15) is 0 Å². The Morgan fingerprint density at radius 3 is 2.80 bits per heavy atom. The maximum atomic E-state index is 14.5. The van der Waals surface area contributed by atoms with E-state index in [1.54, 1.807) is 0 Å². The molecule has 1 amide bonds. The summed E-state index contributed by atoms with van der Waals surface area (Å²) in [7, 11) is 0. The summed E-state index contributed by atoms with van der Waals surface area (Å²) in [5.41, 5.74) is 1.08. The van der Waals surface area contributed by atoms with Crippen molar-refractivity contribution in [2.45, 2.75) is 69.5 Å². The minimum atomic E-state index is -1.00. The van der Waals surface area contributed by atoms with Gasteiger partial charge in [0.15, 0.2) is 0 Å². The number of hydrogen-bond donors (Lipinski definition) is 2. The van der Waals surface area contributed by atoms with Gasteiger partial charge in [0.2, 0.25) is 5.91 Å². The molecule has 1 aromatic rings. The molecule has 30 heavy (non-hydrogen) atoms. The number of hydrogen-bond acceptors (Lipinski definition) is 3. The number of ether oxygens (including phenoxy) is 1. The molecule has 5 aliphatic rings. The maximum Gasteiger partial charge on any atom is 0.226 e. The van der Waals surface area contributed by atoms with E-state index in [4.69, 9.17) is 4.74 Å². The Labute approximate surface area is 179 Å². The average Bonchev–Trinajstić information content (AvgIpc) is 2.74. The molecule has 164 valence electrons. The van der Waals surface area contributed by atoms with E-state index in [2.05, 4.69) is 47.9 Å². The fourth-order valence-corrected chi connectivity index (χ4v) is 7.79. The van der Waals surface area contributed by atoms with E-state index in [9.17, 15) is 9.18 Å². The van der Waals surface area contributed by atoms with Crippen LogP contribution >= 0.6 is 0 Å². The molecule has 1 aromatic carbocycles. The summed E-state index contributed by atoms with van der Waals surface area (Å²) in [6.07, 6.45) is 5.82. The van der Waals surface area contributed by atoms with Crippen molar-refractivity contribution in [3.63, 3.8) is 0 Å². The van der Waals surface area contributed by atoms with E-state index < -0.39 is 11.6 Å². The number of carbonyl (C=O) groups is 1. The van der Waals surface area contributed by atoms with Crippen LogP contribution in [0.2, 0.25) is 0 Å². The number of nitrogens with one attached hydrogen (secondary N) is 2. The van der Waals surface area contributed by atoms with Gasteiger partial charge in [-0.1, -0.05) is 30.3 Å². The van der Waals surface area contributed by atoms with Crippen molar-refractivity contribution < 1.29 is 13.9 Å². The SMILES string of the molecule is CCOC[C@]12CC3CC(C(=O)N[C@@H]4CCNC[C@@H]4F)(C1)C[C@@](c1ccccc1)(C3)C2. The van der Waals surface area contributed by atoms with Crippen LogP contribution in [-0.4, -0.2) is 44.4 Å². The monoisotopic (exact) mass is 414 g/mol. The van der Waals surface area contributed by atoms with E-state index >= 15 is 0 Å². The van der Waals surface area contributed by atoms with Crippen molar-refractivity contribution in [1.29, 1.82) is 0 Å². The summed E-state index contributed by atoms with van der Waals surface area (Å²) in [6, 6.07) is 10.5. The van der Waals surface area contributed by atoms with E-state index in [1.807, 2.05) is 0 Å². The Hall–Kier alpha value is -1.46. The first kappa shape index (κ1) is 20.4. The van der Waals surface area contributed by atoms with Crippen LogP contribution in [0.5, 0.6) is 0 Å². The molecular formula is C25H35FN2O2. The molecule has 0 aromatic heterocycles. The molecule has 2 unspecified atom stereocenters. The second-order valence-electron chi connectivity index (χ2n) is 10.7. The smallest absolute Gasteiger partial charge is 0.226 e. The first-order valence-electron chi connectivity index (χ1n) is 11.8. The van der Waals surface area contributed by atoms with Crippen LogP contribution in [0.4, 0.5) is 4.39 Å². The lowest BCUT2D eigenvalue weighted by atomic mass is 9.38. The van der Waals surface area contributed by atoms with E-state index in [0.717, 1.165) is 45.3 Å². The number of alkyl halides is 1. The van der Waals surface area contributed by atoms with Crippen molar-refractivity contribution >= 4 is 5.91 Å². The Balaban J connectivity index is 1.48. The predicted molar refractivity (Wildman–Crippen MR) is 115 cm³/mol. The quantitative estimate of drug-likeness (QED) is 0.745. The lowest BCUT2D eigenvalue weighted by Gasteiger charge is -2.66. The normalized spacial score (nSPS) is 42.3. The van der Waals surface area contributed by atoms with Crippen molar-refractivity contribution in [2.24, 2.45) is 16.7 Å². The molecule has 1 aliphatic heterocycles. The Morgan fingerprint density at radius 1 is 1.20 bits per heavy atom. The van der Waals surface area contributed by atoms with E-state index in [1.165, 1.54) is 12.0 Å². The van der Waals surface area contributed by atoms with Crippen molar-refractivity contribution in [2.75, 3.05) is 26.3 Å². The van der Waals surface area contributed by atoms with Gasteiger partial charge in [-0.05, 0) is 80.7 Å². The van der Waals surface area contributed by atoms with E-state index in [-0.39, 0.29) is 22.8 Å². The zero-order chi connectivity index (χ0) is 20.8. The zero-order valence-electron chi connectivity index (χ0n) is 18.1. The van der Waals surface area contributed by atoms with Gasteiger partial charge in [-0.15, -0.1) is 0 Å². The average molecular weight is 415 g/mol. The van der Waals surface area contributed by atoms with Crippen LogP contribution in [0, 0.1) is 16.7 Å². The summed E-state index contributed by atoms with van der Waals surface area (Å²) >= 11 is 0. The fraction of sp³-hybridized carbons (Fsp3) is 0.720. The molecule has 4 aliphatic carbocycles. The molecule has 4 bridgehead atoms. The maximum absolute atomic E-state index is 14.5. The van der Waals surface area contributed by atoms with Crippen LogP contribution in [0.1, 0.15) is 57.4 Å². The first-order chi connectivity index (χ1) is 14.5. The third-order valence-electron chi connectivity index (χ3n) is 8.39. The third-order valence-corrected chi connectivity index (χ3v) is 8.39. The van der Waals surface area contributed by atoms with Gasteiger partial charge < -0.3 is 15.4 Å². The second-order valence-corrected chi connectivity index (χ2v) is 10.7. The Bertz CT molecular complexity index is 789. The highest BCUT2D eigenvalue weighted by Crippen LogP contribution is 2.70. The fourth-order valence-electron chi connectivity index (χ4n) is 7.79. The van der Waals surface area contributed by atoms with Gasteiger partial charge in [0.05, 0.1) is 18.1 Å². The van der Waals surface area contributed by atoms with Crippen LogP contribution in [-0.2, 0) is 14.9 Å². The highest BCUT2D eigenvalue weighted by molar-refractivity contribution is 5.84. The molecule has 4 saturated carbocycles. The molecule has 0 radical (unpaired) electrons. The molecular weight excluding hydrogens is 379 g/mol. The van der Waals surface area contributed by atoms with Crippen LogP contribution < -0.4 is 10.6 Å². The standard InChI is InChI=1S/C25H35FN2O2/c1-2-30-17-23-10-18-11-24(14-23,19-6-4-3-5-7-19)16-25(12-18,15-23)22(29)28-21-8-9-27-13-20(21)26/h3-7,18,20-21,27H,2,8-17H2,1H3,(H,28,29)/t18?,20-,21+,23-,24+,25?/m0/s1. The number of carbonyl (C=O) groups excluding carboxylic acids is 1. The largest absolute Gasteiger partial charge is 0.381 e. The first-order valence-corrected chi connectivity index (χ1v) is 11.8. The summed E-state index contributed by atoms with van der Waals surface area (Å²) < 4.78 is 20.5. The lowest BCUT2D eigenvalue weighted by molar-refractivity contribution is -0.173. The van der Waals surface area contributed by atoms with E-state index in [0.29, 0.717) is 25.5 Å². The molecule has 2 N–H and O–H groups in total. The molecule has 4 nitrogen and oxygen atoms in total. The zero-order valence-corrected chi connectivity index (χ0v) is 18.1. The van der Waals surface area contributed by atoms with Gasteiger partial charge in [0.1, 0.15) is 6.17 Å². The minimum Gasteiger partial charge on any atom is -0.381 e. The molecule has 6 rings (SSSR count). The second kappa shape index (κ2) is 7.59. The van der Waals surface area contributed by atoms with Crippen LogP contribution in [0.3, 0.4) is 0 Å². The van der Waals surface area contributed by atoms with Crippen molar-refractivity contribution in [1.82, 2.24) is 10.6 Å². The van der Waals surface area contributed by atoms with Crippen molar-refractivity contribution in [3.8, 4) is 0 Å². The lowest BCUT2D eigenvalue weighted by Crippen LogP contribution is -2.65. The van der Waals surface area contributed by atoms with Gasteiger partial charge in [0.25, 0.3) is 0 Å². The molecule has 5 heteroatoms. The molecule has 6 atom stereocenters. The molecule has 5 fully saturated rings. The number of halogens is 1. The number of amides is 1. The van der Waals surface area contributed by atoms with Gasteiger partial charge in [-0.3, -0.25) is 4.79 Å². The molecule has 0 spiro atoms. The summed E-state index contributed by atoms with van der Waals surface area (Å²) in [4.78, 5) is 13.8. The predicted octanol–water partition coefficient (Wildman–Crippen LogP) is 3.75. The summed E-state index contributed by atoms with van der Waals surface area (Å²) in [6.45, 7) is 4.60. The Kier molecular flexibility index (Phi) is 5.18. The number of piperidine rings is 1. The Morgan fingerprint density at radius 2 is 2.03 bits per heavy atom. The van der Waals surface area contributed by atoms with Crippen molar-refractivity contribution in [3.05, 3.63) is 35.9 Å². The number of benzene rings is 1. The summed E-state index contributed by atoms with van der Waals surface area (Å²) in [5.74, 6) is 0.643. The highest BCUT2D eigenvalue weighted by atomic mass is 19.1. The van der Waals surface area contributed by atoms with Crippen LogP contribution in [0.15, 0.2) is 30.3 Å². The summed E-state index contributed by atoms with van der Waals surface area (Å²) in [5, 5.41) is 6.26. The molecule has 1 saturated heterocycles. The number of rotatable bonds is 6. The van der Waals surface area contributed by atoms with Gasteiger partial charge in [-0.25, -0.2) is 4.39 Å². The highest BCUT2D eigenvalue weighted by Gasteiger charge is 2.66. The van der Waals surface area contributed by atoms with Gasteiger partial charge >= 0.3 is 0 Å².